The molecule has 0 bridgehead atoms. The van der Waals surface area contributed by atoms with Gasteiger partial charge >= 0.3 is 5.97 Å². The van der Waals surface area contributed by atoms with E-state index in [1.807, 2.05) is 97.2 Å². The van der Waals surface area contributed by atoms with Crippen LogP contribution in [0.3, 0.4) is 0 Å². The van der Waals surface area contributed by atoms with Crippen molar-refractivity contribution in [1.82, 2.24) is 83.1 Å². The third kappa shape index (κ3) is 18.0. The Labute approximate surface area is 769 Å². The monoisotopic (exact) mass is 2020 g/mol. The van der Waals surface area contributed by atoms with Gasteiger partial charge in [0.1, 0.15) is 34.7 Å². The molecule has 0 aliphatic heterocycles. The number of nitrogens with one attached hydrogen (secondary N) is 1. The molecule has 3 aliphatic carbocycles. The number of para-hydroxylation sites is 1. The first-order valence-electron chi connectivity index (χ1n) is 40.9. The van der Waals surface area contributed by atoms with E-state index in [9.17, 15) is 18.0 Å². The van der Waals surface area contributed by atoms with Crippen LogP contribution < -0.4 is 27.7 Å². The molecule has 12 aromatic heterocycles. The number of halogens is 5. The molecule has 0 atom stereocenters. The Hall–Kier alpha value is -13.0. The molecule has 0 radical (unpaired) electrons. The number of hydrogen-bond acceptors (Lipinski definition) is 20. The van der Waals surface area contributed by atoms with E-state index in [1.165, 1.54) is 10.8 Å². The molecule has 12 heterocycles. The Morgan fingerprint density at radius 2 is 0.858 bits per heavy atom. The molecule has 18 aromatic rings. The number of hydrogen-bond donors (Lipinski definition) is 6. The quantitative estimate of drug-likeness (QED) is 0.0619. The summed E-state index contributed by atoms with van der Waals surface area (Å²) in [7, 11) is -3.50. The zero-order valence-electron chi connectivity index (χ0n) is 67.6. The fourth-order valence-electron chi connectivity index (χ4n) is 16.4. The Bertz CT molecular complexity index is 7400. The van der Waals surface area contributed by atoms with Gasteiger partial charge in [-0.3, -0.25) is 34.2 Å². The normalized spacial score (nSPS) is 15.6. The first-order chi connectivity index (χ1) is 61.6. The minimum atomic E-state index is -3.50. The predicted octanol–water partition coefficient (Wildman–Crippen LogP) is 19.7. The SMILES string of the molecule is Nc1c(Br)c(C#Cc2cccnc2)nc2c(-c3ccc4ccccc4c3)cnn12.Nc1c(Br)c(C#Cc2ccncc2)nc2c(-c3ccc4ccccc4c3)cnn12.Nc1c(Br)c(C2CCC(CC(=O)NS(=O)(=O)C3CC3)CC2)nc2c(-c3cnc4ccccc4c3)cnn12.Nc1c(Br)c(C2CCC(CC(=O)O)CC2)nc2c(-c3cc(Br)c4ncccc4c3)cnn12. The van der Waals surface area contributed by atoms with E-state index >= 15 is 0 Å². The Morgan fingerprint density at radius 3 is 1.38 bits per heavy atom. The molecule has 127 heavy (non-hydrogen) atoms. The lowest BCUT2D eigenvalue weighted by Gasteiger charge is -2.28. The number of nitrogens with two attached hydrogens (primary N) is 4. The van der Waals surface area contributed by atoms with Crippen molar-refractivity contribution < 1.29 is 23.1 Å². The van der Waals surface area contributed by atoms with E-state index in [2.05, 4.69) is 221 Å². The molecule has 21 rings (SSSR count). The second-order valence-corrected chi connectivity index (χ2v) is 37.4. The number of anilines is 4. The van der Waals surface area contributed by atoms with Crippen molar-refractivity contribution >= 4 is 191 Å². The molecule has 0 spiro atoms. The van der Waals surface area contributed by atoms with Gasteiger partial charge in [-0.2, -0.15) is 38.5 Å². The molecule has 26 nitrogen and oxygen atoms in total. The molecule has 3 fully saturated rings. The van der Waals surface area contributed by atoms with Crippen LogP contribution in [0.1, 0.15) is 123 Å². The number of aromatic nitrogens is 16. The zero-order chi connectivity index (χ0) is 87.7. The van der Waals surface area contributed by atoms with Crippen molar-refractivity contribution in [2.75, 3.05) is 22.9 Å². The number of fused-ring (bicyclic) bond motifs is 8. The van der Waals surface area contributed by atoms with Crippen LogP contribution in [-0.2, 0) is 19.6 Å². The van der Waals surface area contributed by atoms with E-state index in [-0.39, 0.29) is 36.5 Å². The standard InChI is InChI=1S/C26H27BrN6O3S.C23H21Br2N5O2.2C23H14BrN5/c27-23-24(16-7-5-15(6-8-16)11-22(34)32-37(35,36)19-9-10-19)31-26-20(14-30-33(26)25(23)28)18-12-17-3-1-2-4-21(17)29-13-18;24-17-10-15(9-14-2-1-7-27-20(14)17)16-11-28-30-22(26)19(25)21(29-23(16)30)13-5-3-12(4-6-13)8-18(31)32;24-21-20(10-7-15-4-3-11-26-13-15)28-23-19(14-27-29(23)22(21)25)18-9-8-16-5-1-2-6-17(16)12-18;24-21-20(8-5-15-9-11-26-12-10-15)28-23-19(14-27-29(23)22(21)25)18-7-6-16-3-1-2-4-17(16)13-18/h1-4,12-16,19H,5-11,28H2,(H,32,34);1-2,7,9-13H,3-6,8,26H2,(H,31,32);1-6,8-9,11-14H,25H2;1-4,6-7,9-14H,25H2. The first-order valence-corrected chi connectivity index (χ1v) is 46.4. The van der Waals surface area contributed by atoms with Gasteiger partial charge in [-0.1, -0.05) is 109 Å². The van der Waals surface area contributed by atoms with Gasteiger partial charge in [-0.25, -0.2) is 28.4 Å². The summed E-state index contributed by atoms with van der Waals surface area (Å²) < 4.78 is 36.6. The number of carboxylic acid groups (broad SMARTS) is 1. The van der Waals surface area contributed by atoms with Crippen LogP contribution in [-0.4, -0.2) is 109 Å². The van der Waals surface area contributed by atoms with E-state index in [0.717, 1.165) is 164 Å². The molecule has 1 amide bonds. The van der Waals surface area contributed by atoms with Crippen LogP contribution in [0.15, 0.2) is 248 Å². The summed E-state index contributed by atoms with van der Waals surface area (Å²) in [4.78, 5) is 60.1. The summed E-state index contributed by atoms with van der Waals surface area (Å²) in [5, 5.41) is 33.3. The highest BCUT2D eigenvalue weighted by atomic mass is 79.9. The molecular formula is C95H76Br5N21O5S. The van der Waals surface area contributed by atoms with E-state index < -0.39 is 27.1 Å². The van der Waals surface area contributed by atoms with Gasteiger partial charge in [-0.15, -0.1) is 0 Å². The van der Waals surface area contributed by atoms with Gasteiger partial charge in [0.15, 0.2) is 22.6 Å². The maximum atomic E-state index is 12.3. The fourth-order valence-corrected chi connectivity index (χ4v) is 20.1. The Morgan fingerprint density at radius 1 is 0.409 bits per heavy atom. The molecular weight excluding hydrogens is 1950 g/mol. The maximum Gasteiger partial charge on any atom is 0.303 e. The molecule has 32 heteroatoms. The zero-order valence-corrected chi connectivity index (χ0v) is 76.3. The van der Waals surface area contributed by atoms with Crippen LogP contribution in [0, 0.1) is 35.5 Å². The van der Waals surface area contributed by atoms with Gasteiger partial charge in [0.2, 0.25) is 15.9 Å². The van der Waals surface area contributed by atoms with Gasteiger partial charge in [0.25, 0.3) is 0 Å². The van der Waals surface area contributed by atoms with Crippen LogP contribution >= 0.6 is 79.6 Å². The number of pyridine rings is 4. The number of rotatable bonds is 12. The van der Waals surface area contributed by atoms with Crippen molar-refractivity contribution in [3.63, 3.8) is 0 Å². The van der Waals surface area contributed by atoms with Crippen molar-refractivity contribution in [1.29, 1.82) is 0 Å². The number of benzene rings is 6. The van der Waals surface area contributed by atoms with Crippen LogP contribution in [0.2, 0.25) is 0 Å². The molecule has 3 aliphatic rings. The molecule has 0 unspecified atom stereocenters. The van der Waals surface area contributed by atoms with Crippen LogP contribution in [0.5, 0.6) is 0 Å². The van der Waals surface area contributed by atoms with Crippen LogP contribution in [0.25, 0.3) is 110 Å². The Balaban J connectivity index is 0.000000115. The maximum absolute atomic E-state index is 12.3. The molecule has 632 valence electrons. The average Bonchev–Trinajstić information content (AvgIpc) is 1.59. The molecule has 10 N–H and O–H groups in total. The summed E-state index contributed by atoms with van der Waals surface area (Å²) in [6, 6.07) is 54.6. The summed E-state index contributed by atoms with van der Waals surface area (Å²) in [6.45, 7) is 0. The van der Waals surface area contributed by atoms with Gasteiger partial charge in [0.05, 0.1) is 70.3 Å². The lowest BCUT2D eigenvalue weighted by atomic mass is 9.79. The highest BCUT2D eigenvalue weighted by Gasteiger charge is 2.38. The van der Waals surface area contributed by atoms with Crippen molar-refractivity contribution in [3.05, 3.63) is 282 Å². The minimum absolute atomic E-state index is 0.153. The topological polar surface area (TPSA) is 377 Å². The second-order valence-electron chi connectivity index (χ2n) is 31.4. The lowest BCUT2D eigenvalue weighted by Crippen LogP contribution is -2.34. The molecule has 6 aromatic carbocycles. The van der Waals surface area contributed by atoms with Crippen molar-refractivity contribution in [2.24, 2.45) is 11.8 Å². The molecule has 0 saturated heterocycles. The summed E-state index contributed by atoms with van der Waals surface area (Å²) in [5.41, 5.74) is 42.2. The smallest absolute Gasteiger partial charge is 0.303 e. The van der Waals surface area contributed by atoms with Crippen LogP contribution in [0.4, 0.5) is 23.3 Å². The van der Waals surface area contributed by atoms with E-state index in [1.54, 1.807) is 73.8 Å². The third-order valence-electron chi connectivity index (χ3n) is 23.1. The minimum Gasteiger partial charge on any atom is -0.481 e. The van der Waals surface area contributed by atoms with Crippen molar-refractivity contribution in [2.45, 2.75) is 94.1 Å². The van der Waals surface area contributed by atoms with E-state index in [4.69, 9.17) is 48.0 Å². The first kappa shape index (κ1) is 84.9. The number of carbonyl (C=O) groups excluding carboxylic acids is 1. The number of sulfonamides is 1. The largest absolute Gasteiger partial charge is 0.481 e. The second kappa shape index (κ2) is 36.6. The van der Waals surface area contributed by atoms with Crippen molar-refractivity contribution in [3.8, 4) is 68.2 Å². The number of nitrogens with zero attached hydrogens (tertiary/aromatic N) is 16. The third-order valence-corrected chi connectivity index (χ3v) is 28.8. The summed E-state index contributed by atoms with van der Waals surface area (Å²) >= 11 is 18.0. The predicted molar refractivity (Wildman–Crippen MR) is 512 cm³/mol. The van der Waals surface area contributed by atoms with E-state index in [0.29, 0.717) is 79.0 Å². The number of aliphatic carboxylic acids is 1. The Kier molecular flexibility index (Phi) is 24.4. The highest BCUT2D eigenvalue weighted by Crippen LogP contribution is 2.45. The highest BCUT2D eigenvalue weighted by molar-refractivity contribution is 9.11. The number of nitrogen functional groups attached to an aromatic ring is 4. The molecule has 3 saturated carbocycles. The lowest BCUT2D eigenvalue weighted by molar-refractivity contribution is -0.138. The van der Waals surface area contributed by atoms with Gasteiger partial charge in [0, 0.05) is 116 Å². The summed E-state index contributed by atoms with van der Waals surface area (Å²) in [6.07, 6.45) is 26.2. The van der Waals surface area contributed by atoms with Gasteiger partial charge in [-0.05, 0) is 272 Å². The number of carboxylic acids is 1. The summed E-state index contributed by atoms with van der Waals surface area (Å²) in [5.74, 6) is 14.0. The fraction of sp³-hybridized carbons (Fsp3) is 0.179. The average molecular weight is 2020 g/mol. The van der Waals surface area contributed by atoms with Gasteiger partial charge < -0.3 is 28.0 Å². The number of amides is 1. The number of carbonyl (C=O) groups is 2.